The molecule has 1 heterocycles. The minimum absolute atomic E-state index is 0.170. The number of rotatable bonds is 3. The molecule has 1 aromatic heterocycles. The molecule has 0 fully saturated rings. The number of anilines is 1. The number of thiophene rings is 1. The lowest BCUT2D eigenvalue weighted by Crippen LogP contribution is -2.28. The second-order valence-electron chi connectivity index (χ2n) is 4.39. The minimum Gasteiger partial charge on any atom is -0.384 e. The van der Waals surface area contributed by atoms with Crippen molar-refractivity contribution in [3.05, 3.63) is 51.7 Å². The first-order valence-electron chi connectivity index (χ1n) is 6.46. The predicted molar refractivity (Wildman–Crippen MR) is 85.3 cm³/mol. The summed E-state index contributed by atoms with van der Waals surface area (Å²) in [5.41, 5.74) is 2.74. The van der Waals surface area contributed by atoms with Crippen LogP contribution in [0.2, 0.25) is 0 Å². The van der Waals surface area contributed by atoms with Gasteiger partial charge in [-0.3, -0.25) is 0 Å². The number of hydrogen-bond acceptors (Lipinski definition) is 3. The molecule has 3 N–H and O–H groups in total. The fraction of sp³-hybridized carbons (Fsp3) is 0.188. The van der Waals surface area contributed by atoms with Crippen molar-refractivity contribution in [2.75, 3.05) is 11.9 Å². The molecule has 0 aliphatic rings. The Morgan fingerprint density at radius 3 is 2.76 bits per heavy atom. The largest absolute Gasteiger partial charge is 0.384 e. The number of carbonyl (C=O) groups excluding carboxylic acids is 1. The van der Waals surface area contributed by atoms with E-state index >= 15 is 0 Å². The molecule has 0 radical (unpaired) electrons. The number of aryl methyl sites for hydroxylation is 1. The fourth-order valence-electron chi connectivity index (χ4n) is 1.70. The van der Waals surface area contributed by atoms with Crippen LogP contribution in [-0.2, 0) is 6.54 Å². The lowest BCUT2D eigenvalue weighted by atomic mass is 10.2. The van der Waals surface area contributed by atoms with E-state index in [1.54, 1.807) is 0 Å². The van der Waals surface area contributed by atoms with Crippen LogP contribution >= 0.6 is 11.3 Å². The van der Waals surface area contributed by atoms with Crippen molar-refractivity contribution in [1.29, 1.82) is 0 Å². The van der Waals surface area contributed by atoms with Crippen LogP contribution in [0.5, 0.6) is 0 Å². The normalized spacial score (nSPS) is 9.62. The summed E-state index contributed by atoms with van der Waals surface area (Å²) in [4.78, 5) is 12.8. The summed E-state index contributed by atoms with van der Waals surface area (Å²) in [5, 5.41) is 16.2. The molecular weight excluding hydrogens is 284 g/mol. The van der Waals surface area contributed by atoms with Crippen LogP contribution in [0, 0.1) is 18.8 Å². The molecule has 1 aromatic carbocycles. The van der Waals surface area contributed by atoms with Gasteiger partial charge >= 0.3 is 6.03 Å². The van der Waals surface area contributed by atoms with E-state index in [0.29, 0.717) is 6.54 Å². The first kappa shape index (κ1) is 15.1. The Bertz CT molecular complexity index is 666. The second-order valence-corrected chi connectivity index (χ2v) is 5.39. The number of nitrogens with one attached hydrogen (secondary N) is 2. The zero-order valence-corrected chi connectivity index (χ0v) is 12.5. The van der Waals surface area contributed by atoms with Gasteiger partial charge in [-0.2, -0.15) is 0 Å². The highest BCUT2D eigenvalue weighted by atomic mass is 32.1. The molecule has 5 heteroatoms. The lowest BCUT2D eigenvalue weighted by molar-refractivity contribution is 0.252. The molecule has 0 spiro atoms. The Balaban J connectivity index is 1.89. The SMILES string of the molecule is Cc1ccc(NC(=O)NCc2sccc2C#CCO)cc1. The van der Waals surface area contributed by atoms with E-state index in [1.165, 1.54) is 11.3 Å². The van der Waals surface area contributed by atoms with Gasteiger partial charge < -0.3 is 15.7 Å². The number of amides is 2. The average molecular weight is 300 g/mol. The molecule has 0 atom stereocenters. The van der Waals surface area contributed by atoms with E-state index in [2.05, 4.69) is 22.5 Å². The van der Waals surface area contributed by atoms with Gasteiger partial charge in [0.25, 0.3) is 0 Å². The highest BCUT2D eigenvalue weighted by Gasteiger charge is 2.05. The summed E-state index contributed by atoms with van der Waals surface area (Å²) in [5.74, 6) is 5.47. The van der Waals surface area contributed by atoms with Crippen molar-refractivity contribution in [2.45, 2.75) is 13.5 Å². The van der Waals surface area contributed by atoms with Gasteiger partial charge in [-0.15, -0.1) is 11.3 Å². The molecule has 4 nitrogen and oxygen atoms in total. The number of urea groups is 1. The van der Waals surface area contributed by atoms with Crippen LogP contribution in [0.4, 0.5) is 10.5 Å². The van der Waals surface area contributed by atoms with Crippen molar-refractivity contribution in [3.8, 4) is 11.8 Å². The minimum atomic E-state index is -0.256. The van der Waals surface area contributed by atoms with Crippen LogP contribution in [0.25, 0.3) is 0 Å². The maximum absolute atomic E-state index is 11.8. The smallest absolute Gasteiger partial charge is 0.319 e. The quantitative estimate of drug-likeness (QED) is 0.763. The molecule has 0 aliphatic heterocycles. The van der Waals surface area contributed by atoms with Gasteiger partial charge in [0.15, 0.2) is 0 Å². The molecule has 108 valence electrons. The summed E-state index contributed by atoms with van der Waals surface area (Å²) in [6, 6.07) is 9.22. The fourth-order valence-corrected chi connectivity index (χ4v) is 2.47. The van der Waals surface area contributed by atoms with Crippen LogP contribution in [0.1, 0.15) is 16.0 Å². The van der Waals surface area contributed by atoms with E-state index < -0.39 is 0 Å². The van der Waals surface area contributed by atoms with Gasteiger partial charge in [-0.1, -0.05) is 29.5 Å². The van der Waals surface area contributed by atoms with E-state index in [0.717, 1.165) is 21.7 Å². The van der Waals surface area contributed by atoms with Gasteiger partial charge in [-0.05, 0) is 30.5 Å². The van der Waals surface area contributed by atoms with E-state index in [-0.39, 0.29) is 12.6 Å². The molecule has 2 aromatic rings. The Morgan fingerprint density at radius 2 is 2.05 bits per heavy atom. The number of hydrogen-bond donors (Lipinski definition) is 3. The van der Waals surface area contributed by atoms with Crippen LogP contribution in [0.15, 0.2) is 35.7 Å². The third-order valence-corrected chi connectivity index (χ3v) is 3.69. The lowest BCUT2D eigenvalue weighted by Gasteiger charge is -2.07. The summed E-state index contributed by atoms with van der Waals surface area (Å²) in [6.07, 6.45) is 0. The first-order chi connectivity index (χ1) is 10.2. The van der Waals surface area contributed by atoms with Crippen LogP contribution in [-0.4, -0.2) is 17.7 Å². The third-order valence-electron chi connectivity index (χ3n) is 2.77. The summed E-state index contributed by atoms with van der Waals surface area (Å²) >= 11 is 1.52. The highest BCUT2D eigenvalue weighted by Crippen LogP contribution is 2.15. The molecule has 2 amide bonds. The van der Waals surface area contributed by atoms with Crippen LogP contribution < -0.4 is 10.6 Å². The van der Waals surface area contributed by atoms with Crippen molar-refractivity contribution in [1.82, 2.24) is 5.32 Å². The summed E-state index contributed by atoms with van der Waals surface area (Å²) in [7, 11) is 0. The van der Waals surface area contributed by atoms with Crippen molar-refractivity contribution >= 4 is 23.1 Å². The summed E-state index contributed by atoms with van der Waals surface area (Å²) < 4.78 is 0. The van der Waals surface area contributed by atoms with Crippen molar-refractivity contribution < 1.29 is 9.90 Å². The number of aliphatic hydroxyl groups excluding tert-OH is 1. The molecule has 0 saturated carbocycles. The Morgan fingerprint density at radius 1 is 1.29 bits per heavy atom. The van der Waals surface area contributed by atoms with Gasteiger partial charge in [0.05, 0.1) is 6.54 Å². The topological polar surface area (TPSA) is 61.4 Å². The standard InChI is InChI=1S/C16H16N2O2S/c1-12-4-6-14(7-5-12)18-16(20)17-11-15-13(3-2-9-19)8-10-21-15/h4-8,10,19H,9,11H2,1H3,(H2,17,18,20). The second kappa shape index (κ2) is 7.48. The van der Waals surface area contributed by atoms with Crippen molar-refractivity contribution in [3.63, 3.8) is 0 Å². The Kier molecular flexibility index (Phi) is 5.38. The van der Waals surface area contributed by atoms with E-state index in [9.17, 15) is 4.79 Å². The average Bonchev–Trinajstić information content (AvgIpc) is 2.93. The zero-order valence-electron chi connectivity index (χ0n) is 11.6. The van der Waals surface area contributed by atoms with Crippen LogP contribution in [0.3, 0.4) is 0 Å². The van der Waals surface area contributed by atoms with E-state index in [4.69, 9.17) is 5.11 Å². The third kappa shape index (κ3) is 4.63. The Labute approximate surface area is 127 Å². The zero-order chi connectivity index (χ0) is 15.1. The molecule has 0 saturated heterocycles. The maximum Gasteiger partial charge on any atom is 0.319 e. The van der Waals surface area contributed by atoms with Crippen molar-refractivity contribution in [2.24, 2.45) is 0 Å². The molecule has 0 aliphatic carbocycles. The van der Waals surface area contributed by atoms with Gasteiger partial charge in [0.1, 0.15) is 6.61 Å². The predicted octanol–water partition coefficient (Wildman–Crippen LogP) is 2.72. The van der Waals surface area contributed by atoms with E-state index in [1.807, 2.05) is 42.6 Å². The molecule has 21 heavy (non-hydrogen) atoms. The summed E-state index contributed by atoms with van der Waals surface area (Å²) in [6.45, 7) is 2.23. The maximum atomic E-state index is 11.8. The molecule has 2 rings (SSSR count). The Hall–Kier alpha value is -2.29. The monoisotopic (exact) mass is 300 g/mol. The molecule has 0 unspecified atom stereocenters. The van der Waals surface area contributed by atoms with Gasteiger partial charge in [0, 0.05) is 16.1 Å². The number of carbonyl (C=O) groups is 1. The number of aliphatic hydroxyl groups is 1. The number of benzene rings is 1. The van der Waals surface area contributed by atoms with Gasteiger partial charge in [-0.25, -0.2) is 4.79 Å². The van der Waals surface area contributed by atoms with Gasteiger partial charge in [0.2, 0.25) is 0 Å². The molecular formula is C16H16N2O2S. The highest BCUT2D eigenvalue weighted by molar-refractivity contribution is 7.10. The molecule has 0 bridgehead atoms. The first-order valence-corrected chi connectivity index (χ1v) is 7.34.